The quantitative estimate of drug-likeness (QED) is 0.738. The third kappa shape index (κ3) is 4.72. The molecule has 2 heterocycles. The van der Waals surface area contributed by atoms with Gasteiger partial charge >= 0.3 is 5.97 Å². The van der Waals surface area contributed by atoms with E-state index in [1.54, 1.807) is 29.2 Å². The summed E-state index contributed by atoms with van der Waals surface area (Å²) in [7, 11) is 0. The average molecular weight is 404 g/mol. The molecule has 1 aromatic carbocycles. The Labute approximate surface area is 163 Å². The van der Waals surface area contributed by atoms with E-state index in [-0.39, 0.29) is 5.91 Å². The predicted molar refractivity (Wildman–Crippen MR) is 104 cm³/mol. The summed E-state index contributed by atoms with van der Waals surface area (Å²) in [6, 6.07) is 6.90. The van der Waals surface area contributed by atoms with Crippen LogP contribution in [0.25, 0.3) is 6.08 Å². The van der Waals surface area contributed by atoms with Gasteiger partial charge in [-0.3, -0.25) is 9.69 Å². The molecule has 27 heavy (non-hydrogen) atoms. The molecule has 8 nitrogen and oxygen atoms in total. The third-order valence-electron chi connectivity index (χ3n) is 3.43. The van der Waals surface area contributed by atoms with Crippen molar-refractivity contribution >= 4 is 51.4 Å². The number of amides is 1. The number of aromatic nitrogens is 2. The Bertz CT molecular complexity index is 939. The van der Waals surface area contributed by atoms with Crippen molar-refractivity contribution in [2.75, 3.05) is 13.2 Å². The van der Waals surface area contributed by atoms with E-state index in [1.807, 2.05) is 19.9 Å². The second-order valence-corrected chi connectivity index (χ2v) is 7.58. The SMILES string of the molecule is CCN1C(=O)/C(=C\c2cccc(OCC(=O)O)c2)S/C1=N/c1nnc(C)s1. The fraction of sp³-hybridized carbons (Fsp3) is 0.235. The van der Waals surface area contributed by atoms with Crippen LogP contribution in [0.2, 0.25) is 0 Å². The summed E-state index contributed by atoms with van der Waals surface area (Å²) >= 11 is 2.62. The number of aliphatic imine (C=N–C) groups is 1. The monoisotopic (exact) mass is 404 g/mol. The number of carbonyl (C=O) groups is 2. The Balaban J connectivity index is 1.84. The van der Waals surface area contributed by atoms with Gasteiger partial charge in [-0.25, -0.2) is 4.79 Å². The van der Waals surface area contributed by atoms with Crippen LogP contribution in [0.4, 0.5) is 5.13 Å². The highest BCUT2D eigenvalue weighted by molar-refractivity contribution is 8.18. The number of carboxylic acids is 1. The van der Waals surface area contributed by atoms with Crippen LogP contribution in [0, 0.1) is 6.92 Å². The number of rotatable bonds is 6. The Hall–Kier alpha value is -2.72. The molecule has 0 aliphatic carbocycles. The fourth-order valence-electron chi connectivity index (χ4n) is 2.27. The van der Waals surface area contributed by atoms with Gasteiger partial charge in [0.05, 0.1) is 4.91 Å². The van der Waals surface area contributed by atoms with Crippen LogP contribution in [0.1, 0.15) is 17.5 Å². The molecule has 1 aliphatic heterocycles. The number of carbonyl (C=O) groups excluding carboxylic acids is 1. The molecule has 0 unspecified atom stereocenters. The van der Waals surface area contributed by atoms with Crippen LogP contribution in [0.15, 0.2) is 34.2 Å². The maximum absolute atomic E-state index is 12.7. The van der Waals surface area contributed by atoms with Gasteiger partial charge in [0.2, 0.25) is 5.13 Å². The van der Waals surface area contributed by atoms with Gasteiger partial charge in [0.25, 0.3) is 5.91 Å². The molecule has 3 rings (SSSR count). The summed E-state index contributed by atoms with van der Waals surface area (Å²) in [6.07, 6.45) is 1.73. The lowest BCUT2D eigenvalue weighted by molar-refractivity contribution is -0.139. The van der Waals surface area contributed by atoms with Gasteiger partial charge in [0, 0.05) is 6.54 Å². The molecular formula is C17H16N4O4S2. The highest BCUT2D eigenvalue weighted by atomic mass is 32.2. The van der Waals surface area contributed by atoms with Crippen molar-refractivity contribution in [3.63, 3.8) is 0 Å². The largest absolute Gasteiger partial charge is 0.482 e. The summed E-state index contributed by atoms with van der Waals surface area (Å²) in [5, 5.41) is 18.5. The van der Waals surface area contributed by atoms with E-state index >= 15 is 0 Å². The van der Waals surface area contributed by atoms with Crippen molar-refractivity contribution in [3.8, 4) is 5.75 Å². The number of amidine groups is 1. The average Bonchev–Trinajstić information content (AvgIpc) is 3.17. The minimum atomic E-state index is -1.05. The zero-order chi connectivity index (χ0) is 19.4. The first kappa shape index (κ1) is 19.1. The van der Waals surface area contributed by atoms with E-state index in [2.05, 4.69) is 15.2 Å². The maximum Gasteiger partial charge on any atom is 0.341 e. The van der Waals surface area contributed by atoms with Crippen LogP contribution in [-0.4, -0.2) is 50.4 Å². The molecular weight excluding hydrogens is 388 g/mol. The number of nitrogens with zero attached hydrogens (tertiary/aromatic N) is 4. The summed E-state index contributed by atoms with van der Waals surface area (Å²) in [6.45, 7) is 3.79. The van der Waals surface area contributed by atoms with Gasteiger partial charge in [-0.15, -0.1) is 10.2 Å². The number of likely N-dealkylation sites (N-methyl/N-ethyl adjacent to an activating group) is 1. The molecule has 140 valence electrons. The van der Waals surface area contributed by atoms with Crippen molar-refractivity contribution in [1.29, 1.82) is 0 Å². The normalized spacial score (nSPS) is 17.1. The molecule has 0 bridgehead atoms. The first-order chi connectivity index (χ1) is 13.0. The summed E-state index contributed by atoms with van der Waals surface area (Å²) in [5.41, 5.74) is 0.734. The minimum absolute atomic E-state index is 0.139. The van der Waals surface area contributed by atoms with E-state index in [9.17, 15) is 9.59 Å². The smallest absolute Gasteiger partial charge is 0.341 e. The molecule has 0 saturated carbocycles. The fourth-order valence-corrected chi connectivity index (χ4v) is 3.93. The zero-order valence-corrected chi connectivity index (χ0v) is 16.2. The van der Waals surface area contributed by atoms with Gasteiger partial charge < -0.3 is 9.84 Å². The Morgan fingerprint density at radius 1 is 1.41 bits per heavy atom. The molecule has 0 spiro atoms. The molecule has 1 saturated heterocycles. The van der Waals surface area contributed by atoms with Crippen LogP contribution in [0.5, 0.6) is 5.75 Å². The molecule has 1 aliphatic rings. The van der Waals surface area contributed by atoms with Crippen LogP contribution >= 0.6 is 23.1 Å². The first-order valence-corrected chi connectivity index (χ1v) is 9.64. The van der Waals surface area contributed by atoms with Crippen LogP contribution in [0.3, 0.4) is 0 Å². The van der Waals surface area contributed by atoms with E-state index in [1.165, 1.54) is 23.1 Å². The lowest BCUT2D eigenvalue weighted by atomic mass is 10.2. The molecule has 2 aromatic rings. The van der Waals surface area contributed by atoms with Crippen LogP contribution < -0.4 is 4.74 Å². The lowest BCUT2D eigenvalue weighted by Crippen LogP contribution is -2.28. The van der Waals surface area contributed by atoms with Crippen molar-refractivity contribution < 1.29 is 19.4 Å². The number of ether oxygens (including phenoxy) is 1. The van der Waals surface area contributed by atoms with Crippen molar-refractivity contribution in [1.82, 2.24) is 15.1 Å². The lowest BCUT2D eigenvalue weighted by Gasteiger charge is -2.11. The van der Waals surface area contributed by atoms with Crippen molar-refractivity contribution in [2.45, 2.75) is 13.8 Å². The molecule has 1 amide bonds. The van der Waals surface area contributed by atoms with E-state index in [4.69, 9.17) is 9.84 Å². The minimum Gasteiger partial charge on any atom is -0.482 e. The summed E-state index contributed by atoms with van der Waals surface area (Å²) < 4.78 is 5.18. The number of hydrogen-bond acceptors (Lipinski definition) is 8. The number of hydrogen-bond donors (Lipinski definition) is 1. The molecule has 0 atom stereocenters. The number of benzene rings is 1. The number of thioether (sulfide) groups is 1. The molecule has 1 aromatic heterocycles. The predicted octanol–water partition coefficient (Wildman–Crippen LogP) is 2.93. The number of aryl methyl sites for hydroxylation is 1. The standard InChI is InChI=1S/C17H16N4O4S2/c1-3-21-15(24)13(27-17(21)18-16-20-19-10(2)26-16)8-11-5-4-6-12(7-11)25-9-14(22)23/h4-8H,3,9H2,1-2H3,(H,22,23)/b13-8+,18-17+. The van der Waals surface area contributed by atoms with Gasteiger partial charge in [0.15, 0.2) is 11.8 Å². The first-order valence-electron chi connectivity index (χ1n) is 8.01. The van der Waals surface area contributed by atoms with E-state index in [0.29, 0.717) is 27.5 Å². The van der Waals surface area contributed by atoms with Gasteiger partial charge in [-0.05, 0) is 49.4 Å². The maximum atomic E-state index is 12.7. The second-order valence-electron chi connectivity index (χ2n) is 5.41. The van der Waals surface area contributed by atoms with E-state index < -0.39 is 12.6 Å². The molecule has 0 radical (unpaired) electrons. The Kier molecular flexibility index (Phi) is 5.87. The highest BCUT2D eigenvalue weighted by Crippen LogP contribution is 2.34. The number of aliphatic carboxylic acids is 1. The summed E-state index contributed by atoms with van der Waals surface area (Å²) in [4.78, 5) is 29.8. The summed E-state index contributed by atoms with van der Waals surface area (Å²) in [5.74, 6) is -0.765. The van der Waals surface area contributed by atoms with Crippen LogP contribution in [-0.2, 0) is 9.59 Å². The van der Waals surface area contributed by atoms with Crippen molar-refractivity contribution in [2.24, 2.45) is 4.99 Å². The molecule has 10 heteroatoms. The van der Waals surface area contributed by atoms with Gasteiger partial charge in [-0.2, -0.15) is 4.99 Å². The Morgan fingerprint density at radius 2 is 2.22 bits per heavy atom. The van der Waals surface area contributed by atoms with Crippen molar-refractivity contribution in [3.05, 3.63) is 39.7 Å². The van der Waals surface area contributed by atoms with Gasteiger partial charge in [0.1, 0.15) is 10.8 Å². The highest BCUT2D eigenvalue weighted by Gasteiger charge is 2.32. The van der Waals surface area contributed by atoms with E-state index in [0.717, 1.165) is 10.6 Å². The van der Waals surface area contributed by atoms with Gasteiger partial charge in [-0.1, -0.05) is 23.5 Å². The third-order valence-corrected chi connectivity index (χ3v) is 5.17. The topological polar surface area (TPSA) is 105 Å². The number of carboxylic acid groups (broad SMARTS) is 1. The zero-order valence-electron chi connectivity index (χ0n) is 14.6. The second kappa shape index (κ2) is 8.31. The Morgan fingerprint density at radius 3 is 2.89 bits per heavy atom. The molecule has 1 N–H and O–H groups in total. The molecule has 1 fully saturated rings.